The van der Waals surface area contributed by atoms with Crippen LogP contribution in [0.2, 0.25) is 0 Å². The summed E-state index contributed by atoms with van der Waals surface area (Å²) in [7, 11) is 0. The molecular formula is C14H19NO3. The number of terminal acetylenes is 1. The number of likely N-dealkylation sites (tertiary alicyclic amines) is 1. The third-order valence-corrected chi connectivity index (χ3v) is 3.48. The lowest BCUT2D eigenvalue weighted by atomic mass is 9.98. The summed E-state index contributed by atoms with van der Waals surface area (Å²) in [5.74, 6) is 2.50. The highest BCUT2D eigenvalue weighted by Gasteiger charge is 2.37. The first-order valence-electron chi connectivity index (χ1n) is 6.61. The maximum Gasteiger partial charge on any atom is 0.310 e. The molecule has 1 saturated carbocycles. The number of rotatable bonds is 4. The Morgan fingerprint density at radius 2 is 2.06 bits per heavy atom. The second kappa shape index (κ2) is 5.90. The van der Waals surface area contributed by atoms with E-state index in [2.05, 4.69) is 5.92 Å². The second-order valence-electron chi connectivity index (χ2n) is 5.02. The van der Waals surface area contributed by atoms with E-state index in [-0.39, 0.29) is 30.3 Å². The van der Waals surface area contributed by atoms with Crippen LogP contribution in [0.3, 0.4) is 0 Å². The van der Waals surface area contributed by atoms with E-state index < -0.39 is 0 Å². The smallest absolute Gasteiger partial charge is 0.310 e. The van der Waals surface area contributed by atoms with E-state index in [0.29, 0.717) is 13.0 Å². The van der Waals surface area contributed by atoms with Crippen molar-refractivity contribution in [1.29, 1.82) is 0 Å². The fourth-order valence-corrected chi connectivity index (χ4v) is 2.29. The number of carbonyl (C=O) groups is 2. The highest BCUT2D eigenvalue weighted by molar-refractivity contribution is 5.82. The molecule has 1 amide bonds. The average Bonchev–Trinajstić information content (AvgIpc) is 3.22. The highest BCUT2D eigenvalue weighted by atomic mass is 16.5. The Hall–Kier alpha value is -1.50. The van der Waals surface area contributed by atoms with Crippen LogP contribution in [0.1, 0.15) is 32.1 Å². The van der Waals surface area contributed by atoms with Gasteiger partial charge in [0.25, 0.3) is 0 Å². The molecule has 1 aliphatic carbocycles. The van der Waals surface area contributed by atoms with Gasteiger partial charge in [0.15, 0.2) is 0 Å². The number of hydrogen-bond donors (Lipinski definition) is 0. The van der Waals surface area contributed by atoms with Gasteiger partial charge in [-0.1, -0.05) is 0 Å². The third-order valence-electron chi connectivity index (χ3n) is 3.48. The van der Waals surface area contributed by atoms with E-state index in [1.54, 1.807) is 0 Å². The van der Waals surface area contributed by atoms with E-state index in [4.69, 9.17) is 11.2 Å². The molecule has 4 nitrogen and oxygen atoms in total. The molecule has 4 heteroatoms. The minimum absolute atomic E-state index is 0.167. The molecule has 0 N–H and O–H groups in total. The number of ether oxygens (including phenoxy) is 1. The Kier molecular flexibility index (Phi) is 4.24. The SMILES string of the molecule is C#CCCOC(=O)C1CCCN(C(=O)C2CC2)C1. The predicted octanol–water partition coefficient (Wildman–Crippen LogP) is 1.20. The molecule has 2 fully saturated rings. The maximum absolute atomic E-state index is 11.9. The standard InChI is InChI=1S/C14H19NO3/c1-2-3-9-18-14(17)12-5-4-8-15(10-12)13(16)11-6-7-11/h1,11-12H,3-10H2. The zero-order chi connectivity index (χ0) is 13.0. The van der Waals surface area contributed by atoms with Crippen LogP contribution in [0.15, 0.2) is 0 Å². The molecule has 1 saturated heterocycles. The number of hydrogen-bond acceptors (Lipinski definition) is 3. The second-order valence-corrected chi connectivity index (χ2v) is 5.02. The lowest BCUT2D eigenvalue weighted by Gasteiger charge is -2.31. The monoisotopic (exact) mass is 249 g/mol. The van der Waals surface area contributed by atoms with Gasteiger partial charge in [0.1, 0.15) is 6.61 Å². The normalized spacial score (nSPS) is 23.3. The minimum atomic E-state index is -0.210. The average molecular weight is 249 g/mol. The molecule has 1 atom stereocenters. The van der Waals surface area contributed by atoms with E-state index >= 15 is 0 Å². The van der Waals surface area contributed by atoms with Crippen LogP contribution in [0.4, 0.5) is 0 Å². The van der Waals surface area contributed by atoms with Gasteiger partial charge in [-0.15, -0.1) is 12.3 Å². The molecule has 2 aliphatic rings. The van der Waals surface area contributed by atoms with Crippen LogP contribution in [-0.4, -0.2) is 36.5 Å². The Bertz CT molecular complexity index is 368. The van der Waals surface area contributed by atoms with Crippen molar-refractivity contribution >= 4 is 11.9 Å². The van der Waals surface area contributed by atoms with E-state index in [1.165, 1.54) is 0 Å². The van der Waals surface area contributed by atoms with Crippen LogP contribution < -0.4 is 0 Å². The summed E-state index contributed by atoms with van der Waals surface area (Å²) in [5.41, 5.74) is 0. The molecule has 1 heterocycles. The van der Waals surface area contributed by atoms with E-state index in [9.17, 15) is 9.59 Å². The van der Waals surface area contributed by atoms with Crippen LogP contribution in [-0.2, 0) is 14.3 Å². The van der Waals surface area contributed by atoms with Crippen molar-refractivity contribution < 1.29 is 14.3 Å². The zero-order valence-electron chi connectivity index (χ0n) is 10.6. The molecule has 0 spiro atoms. The fraction of sp³-hybridized carbons (Fsp3) is 0.714. The topological polar surface area (TPSA) is 46.6 Å². The van der Waals surface area contributed by atoms with E-state index in [1.807, 2.05) is 4.90 Å². The van der Waals surface area contributed by atoms with Crippen LogP contribution in [0.25, 0.3) is 0 Å². The molecular weight excluding hydrogens is 230 g/mol. The molecule has 18 heavy (non-hydrogen) atoms. The Balaban J connectivity index is 1.80. The van der Waals surface area contributed by atoms with Gasteiger partial charge in [-0.3, -0.25) is 9.59 Å². The lowest BCUT2D eigenvalue weighted by molar-refractivity contribution is -0.151. The zero-order valence-corrected chi connectivity index (χ0v) is 10.6. The summed E-state index contributed by atoms with van der Waals surface area (Å²) >= 11 is 0. The van der Waals surface area contributed by atoms with Gasteiger partial charge >= 0.3 is 5.97 Å². The molecule has 1 unspecified atom stereocenters. The maximum atomic E-state index is 11.9. The first-order chi connectivity index (χ1) is 8.72. The number of piperidine rings is 1. The molecule has 98 valence electrons. The Morgan fingerprint density at radius 3 is 2.72 bits per heavy atom. The van der Waals surface area contributed by atoms with Crippen molar-refractivity contribution in [1.82, 2.24) is 4.90 Å². The summed E-state index contributed by atoms with van der Waals surface area (Å²) in [5, 5.41) is 0. The van der Waals surface area contributed by atoms with Crippen molar-refractivity contribution in [3.8, 4) is 12.3 Å². The predicted molar refractivity (Wildman–Crippen MR) is 66.4 cm³/mol. The molecule has 0 radical (unpaired) electrons. The summed E-state index contributed by atoms with van der Waals surface area (Å²) < 4.78 is 5.11. The molecule has 1 aliphatic heterocycles. The number of nitrogens with zero attached hydrogens (tertiary/aromatic N) is 1. The third kappa shape index (κ3) is 3.25. The molecule has 0 bridgehead atoms. The number of esters is 1. The first-order valence-corrected chi connectivity index (χ1v) is 6.61. The summed E-state index contributed by atoms with van der Waals surface area (Å²) in [6.07, 6.45) is 9.25. The van der Waals surface area contributed by atoms with Gasteiger partial charge in [-0.2, -0.15) is 0 Å². The Morgan fingerprint density at radius 1 is 1.28 bits per heavy atom. The summed E-state index contributed by atoms with van der Waals surface area (Å²) in [6, 6.07) is 0. The van der Waals surface area contributed by atoms with E-state index in [0.717, 1.165) is 32.2 Å². The lowest BCUT2D eigenvalue weighted by Crippen LogP contribution is -2.43. The summed E-state index contributed by atoms with van der Waals surface area (Å²) in [6.45, 7) is 1.58. The molecule has 0 aromatic rings. The quantitative estimate of drug-likeness (QED) is 0.427. The Labute approximate surface area is 108 Å². The van der Waals surface area contributed by atoms with Gasteiger partial charge in [-0.25, -0.2) is 0 Å². The van der Waals surface area contributed by atoms with Crippen LogP contribution in [0.5, 0.6) is 0 Å². The minimum Gasteiger partial charge on any atom is -0.464 e. The van der Waals surface area contributed by atoms with Gasteiger partial charge < -0.3 is 9.64 Å². The fourth-order valence-electron chi connectivity index (χ4n) is 2.29. The van der Waals surface area contributed by atoms with Crippen LogP contribution >= 0.6 is 0 Å². The van der Waals surface area contributed by atoms with Crippen molar-refractivity contribution in [2.45, 2.75) is 32.1 Å². The molecule has 0 aromatic carbocycles. The summed E-state index contributed by atoms with van der Waals surface area (Å²) in [4.78, 5) is 25.6. The first kappa shape index (κ1) is 12.9. The number of carbonyl (C=O) groups excluding carboxylic acids is 2. The van der Waals surface area contributed by atoms with Crippen molar-refractivity contribution in [2.75, 3.05) is 19.7 Å². The van der Waals surface area contributed by atoms with Gasteiger partial charge in [0.05, 0.1) is 5.92 Å². The highest BCUT2D eigenvalue weighted by Crippen LogP contribution is 2.32. The van der Waals surface area contributed by atoms with Gasteiger partial charge in [-0.05, 0) is 25.7 Å². The van der Waals surface area contributed by atoms with Gasteiger partial charge in [0.2, 0.25) is 5.91 Å². The van der Waals surface area contributed by atoms with Gasteiger partial charge in [0, 0.05) is 25.4 Å². The van der Waals surface area contributed by atoms with Crippen LogP contribution in [0, 0.1) is 24.2 Å². The molecule has 2 rings (SSSR count). The van der Waals surface area contributed by atoms with Crippen molar-refractivity contribution in [2.24, 2.45) is 11.8 Å². The van der Waals surface area contributed by atoms with Crippen molar-refractivity contribution in [3.05, 3.63) is 0 Å². The largest absolute Gasteiger partial charge is 0.464 e. The van der Waals surface area contributed by atoms with Crippen molar-refractivity contribution in [3.63, 3.8) is 0 Å². The number of amides is 1. The molecule has 0 aromatic heterocycles.